The number of carbonyl (C=O) groups excluding carboxylic acids is 2. The minimum Gasteiger partial charge on any atom is -0.352 e. The van der Waals surface area contributed by atoms with Crippen LogP contribution >= 0.6 is 15.9 Å². The smallest absolute Gasteiger partial charge is 0.239 e. The minimum atomic E-state index is -0.483. The van der Waals surface area contributed by atoms with E-state index in [-0.39, 0.29) is 24.4 Å². The summed E-state index contributed by atoms with van der Waals surface area (Å²) in [5.41, 5.74) is 0.674. The highest BCUT2D eigenvalue weighted by atomic mass is 79.9. The lowest BCUT2D eigenvalue weighted by Gasteiger charge is -2.18. The molecule has 2 N–H and O–H groups in total. The van der Waals surface area contributed by atoms with Crippen LogP contribution in [-0.4, -0.2) is 24.4 Å². The Kier molecular flexibility index (Phi) is 6.40. The second kappa shape index (κ2) is 7.59. The Morgan fingerprint density at radius 1 is 1.19 bits per heavy atom. The first-order valence-corrected chi connectivity index (χ1v) is 7.80. The van der Waals surface area contributed by atoms with Crippen molar-refractivity contribution in [2.45, 2.75) is 40.2 Å². The molecule has 0 saturated carbocycles. The molecule has 0 heterocycles. The molecule has 4 nitrogen and oxygen atoms in total. The molecule has 0 fully saturated rings. The van der Waals surface area contributed by atoms with Crippen molar-refractivity contribution in [2.75, 3.05) is 6.54 Å². The molecular weight excluding hydrogens is 332 g/mol. The fourth-order valence-electron chi connectivity index (χ4n) is 1.78. The molecule has 0 aromatic heterocycles. The van der Waals surface area contributed by atoms with Crippen molar-refractivity contribution < 1.29 is 9.59 Å². The van der Waals surface area contributed by atoms with Gasteiger partial charge in [0, 0.05) is 15.9 Å². The third kappa shape index (κ3) is 6.76. The van der Waals surface area contributed by atoms with Crippen molar-refractivity contribution in [1.29, 1.82) is 0 Å². The summed E-state index contributed by atoms with van der Waals surface area (Å²) in [7, 11) is 0. The largest absolute Gasteiger partial charge is 0.352 e. The highest BCUT2D eigenvalue weighted by molar-refractivity contribution is 9.10. The molecule has 0 spiro atoms. The average Bonchev–Trinajstić information content (AvgIpc) is 2.37. The van der Waals surface area contributed by atoms with Gasteiger partial charge in [-0.05, 0) is 31.0 Å². The van der Waals surface area contributed by atoms with Gasteiger partial charge in [0.15, 0.2) is 0 Å². The normalized spacial score (nSPS) is 12.6. The van der Waals surface area contributed by atoms with Gasteiger partial charge in [0.2, 0.25) is 11.8 Å². The van der Waals surface area contributed by atoms with Gasteiger partial charge in [-0.15, -0.1) is 0 Å². The number of amides is 2. The maximum absolute atomic E-state index is 11.8. The third-order valence-electron chi connectivity index (χ3n) is 2.95. The van der Waals surface area contributed by atoms with Crippen LogP contribution in [0.1, 0.15) is 33.3 Å². The molecule has 0 radical (unpaired) electrons. The number of benzene rings is 1. The van der Waals surface area contributed by atoms with E-state index in [1.165, 1.54) is 0 Å². The van der Waals surface area contributed by atoms with Gasteiger partial charge >= 0.3 is 0 Å². The van der Waals surface area contributed by atoms with E-state index in [1.54, 1.807) is 0 Å². The van der Waals surface area contributed by atoms with Crippen LogP contribution in [0.5, 0.6) is 0 Å². The van der Waals surface area contributed by atoms with Crippen LogP contribution in [0.2, 0.25) is 0 Å². The summed E-state index contributed by atoms with van der Waals surface area (Å²) < 4.78 is 1.04. The zero-order valence-electron chi connectivity index (χ0n) is 13.0. The molecule has 21 heavy (non-hydrogen) atoms. The molecular formula is C16H23BrN2O2. The zero-order chi connectivity index (χ0) is 16.0. The molecule has 1 aromatic carbocycles. The Labute approximate surface area is 134 Å². The quantitative estimate of drug-likeness (QED) is 0.853. The number of hydrogen-bond acceptors (Lipinski definition) is 2. The Bertz CT molecular complexity index is 492. The molecule has 0 saturated heterocycles. The molecule has 1 rings (SSSR count). The first-order valence-electron chi connectivity index (χ1n) is 7.00. The Morgan fingerprint density at radius 2 is 1.76 bits per heavy atom. The fourth-order valence-corrected chi connectivity index (χ4v) is 2.04. The summed E-state index contributed by atoms with van der Waals surface area (Å²) in [6.45, 7) is 7.41. The monoisotopic (exact) mass is 354 g/mol. The van der Waals surface area contributed by atoms with E-state index in [0.717, 1.165) is 16.5 Å². The van der Waals surface area contributed by atoms with Gasteiger partial charge in [0.25, 0.3) is 0 Å². The maximum atomic E-state index is 11.8. The van der Waals surface area contributed by atoms with Crippen LogP contribution < -0.4 is 10.6 Å². The van der Waals surface area contributed by atoms with E-state index in [4.69, 9.17) is 0 Å². The molecule has 0 aliphatic rings. The van der Waals surface area contributed by atoms with E-state index >= 15 is 0 Å². The lowest BCUT2D eigenvalue weighted by Crippen LogP contribution is -2.44. The van der Waals surface area contributed by atoms with Gasteiger partial charge in [0.1, 0.15) is 0 Å². The van der Waals surface area contributed by atoms with Crippen molar-refractivity contribution in [3.63, 3.8) is 0 Å². The predicted octanol–water partition coefficient (Wildman–Crippen LogP) is 2.66. The first-order chi connectivity index (χ1) is 9.68. The van der Waals surface area contributed by atoms with E-state index in [0.29, 0.717) is 0 Å². The van der Waals surface area contributed by atoms with Gasteiger partial charge < -0.3 is 10.6 Å². The fraction of sp³-hybridized carbons (Fsp3) is 0.500. The van der Waals surface area contributed by atoms with Crippen LogP contribution in [0.25, 0.3) is 0 Å². The van der Waals surface area contributed by atoms with Crippen molar-refractivity contribution >= 4 is 27.7 Å². The summed E-state index contributed by atoms with van der Waals surface area (Å²) in [6, 6.07) is 8.02. The van der Waals surface area contributed by atoms with Crippen LogP contribution in [0.3, 0.4) is 0 Å². The van der Waals surface area contributed by atoms with Crippen molar-refractivity contribution in [3.05, 3.63) is 34.3 Å². The molecule has 0 bridgehead atoms. The van der Waals surface area contributed by atoms with E-state index in [1.807, 2.05) is 52.0 Å². The molecule has 116 valence electrons. The van der Waals surface area contributed by atoms with Crippen LogP contribution in [0, 0.1) is 5.41 Å². The molecule has 2 amide bonds. The first kappa shape index (κ1) is 17.7. The number of halogens is 1. The molecule has 0 aliphatic heterocycles. The lowest BCUT2D eigenvalue weighted by atomic mass is 9.96. The summed E-state index contributed by atoms with van der Waals surface area (Å²) in [6.07, 6.45) is 0.756. The van der Waals surface area contributed by atoms with Crippen LogP contribution in [0.15, 0.2) is 28.7 Å². The van der Waals surface area contributed by atoms with Crippen molar-refractivity contribution in [1.82, 2.24) is 10.6 Å². The third-order valence-corrected chi connectivity index (χ3v) is 3.48. The Balaban J connectivity index is 2.37. The minimum absolute atomic E-state index is 0.0147. The lowest BCUT2D eigenvalue weighted by molar-refractivity contribution is -0.131. The average molecular weight is 355 g/mol. The summed E-state index contributed by atoms with van der Waals surface area (Å²) in [5.74, 6) is -0.296. The van der Waals surface area contributed by atoms with Gasteiger partial charge in [-0.1, -0.05) is 48.8 Å². The topological polar surface area (TPSA) is 58.2 Å². The molecule has 1 atom stereocenters. The van der Waals surface area contributed by atoms with Gasteiger partial charge in [-0.3, -0.25) is 9.59 Å². The van der Waals surface area contributed by atoms with E-state index in [2.05, 4.69) is 26.6 Å². The summed E-state index contributed by atoms with van der Waals surface area (Å²) in [4.78, 5) is 23.5. The van der Waals surface area contributed by atoms with Crippen LogP contribution in [-0.2, 0) is 16.0 Å². The highest BCUT2D eigenvalue weighted by Crippen LogP contribution is 2.12. The van der Waals surface area contributed by atoms with Gasteiger partial charge in [-0.25, -0.2) is 0 Å². The summed E-state index contributed by atoms with van der Waals surface area (Å²) in [5, 5.41) is 5.53. The number of rotatable bonds is 5. The predicted molar refractivity (Wildman–Crippen MR) is 87.9 cm³/mol. The maximum Gasteiger partial charge on any atom is 0.239 e. The highest BCUT2D eigenvalue weighted by Gasteiger charge is 2.21. The van der Waals surface area contributed by atoms with Gasteiger partial charge in [-0.2, -0.15) is 0 Å². The standard InChI is InChI=1S/C16H23BrN2O2/c1-11(9-12-5-7-13(17)8-6-12)19-14(20)10-18-15(21)16(2,3)4/h5-8,11H,9-10H2,1-4H3,(H,18,21)(H,19,20)/t11-/m0/s1. The van der Waals surface area contributed by atoms with E-state index in [9.17, 15) is 9.59 Å². The number of carbonyl (C=O) groups is 2. The number of hydrogen-bond donors (Lipinski definition) is 2. The molecule has 0 unspecified atom stereocenters. The Morgan fingerprint density at radius 3 is 2.29 bits per heavy atom. The van der Waals surface area contributed by atoms with Crippen molar-refractivity contribution in [3.8, 4) is 0 Å². The SMILES string of the molecule is C[C@@H](Cc1ccc(Br)cc1)NC(=O)CNC(=O)C(C)(C)C. The van der Waals surface area contributed by atoms with Crippen LogP contribution in [0.4, 0.5) is 0 Å². The van der Waals surface area contributed by atoms with Crippen molar-refractivity contribution in [2.24, 2.45) is 5.41 Å². The molecule has 1 aromatic rings. The Hall–Kier alpha value is -1.36. The molecule has 5 heteroatoms. The molecule has 0 aliphatic carbocycles. The zero-order valence-corrected chi connectivity index (χ0v) is 14.6. The summed E-state index contributed by atoms with van der Waals surface area (Å²) >= 11 is 3.39. The van der Waals surface area contributed by atoms with Gasteiger partial charge in [0.05, 0.1) is 6.54 Å². The number of nitrogens with one attached hydrogen (secondary N) is 2. The second-order valence-corrected chi connectivity index (χ2v) is 7.15. The second-order valence-electron chi connectivity index (χ2n) is 6.23. The van der Waals surface area contributed by atoms with E-state index < -0.39 is 5.41 Å².